The summed E-state index contributed by atoms with van der Waals surface area (Å²) in [6.07, 6.45) is 3.02. The molecule has 1 amide bonds. The predicted octanol–water partition coefficient (Wildman–Crippen LogP) is 2.57. The van der Waals surface area contributed by atoms with E-state index in [1.807, 2.05) is 31.2 Å². The SMILES string of the molecule is COc1ccc(Cn2cccc(C(=O)N/N=C\c3ccc(C)o3)c2=O)cc1. The van der Waals surface area contributed by atoms with Crippen LogP contribution in [0, 0.1) is 6.92 Å². The summed E-state index contributed by atoms with van der Waals surface area (Å²) >= 11 is 0. The number of nitrogens with zero attached hydrogens (tertiary/aromatic N) is 2. The fourth-order valence-corrected chi connectivity index (χ4v) is 2.50. The number of rotatable bonds is 6. The molecular formula is C20H19N3O4. The van der Waals surface area contributed by atoms with Crippen LogP contribution >= 0.6 is 0 Å². The van der Waals surface area contributed by atoms with E-state index in [0.717, 1.165) is 17.1 Å². The van der Waals surface area contributed by atoms with Gasteiger partial charge in [-0.1, -0.05) is 12.1 Å². The summed E-state index contributed by atoms with van der Waals surface area (Å²) in [5.41, 5.74) is 2.88. The van der Waals surface area contributed by atoms with Crippen molar-refractivity contribution in [1.29, 1.82) is 0 Å². The number of benzene rings is 1. The average molecular weight is 365 g/mol. The summed E-state index contributed by atoms with van der Waals surface area (Å²) in [5, 5.41) is 3.82. The first kappa shape index (κ1) is 18.2. The maximum Gasteiger partial charge on any atom is 0.276 e. The Morgan fingerprint density at radius 2 is 2.00 bits per heavy atom. The van der Waals surface area contributed by atoms with Gasteiger partial charge < -0.3 is 13.7 Å². The molecule has 0 fully saturated rings. The van der Waals surface area contributed by atoms with Crippen molar-refractivity contribution in [2.45, 2.75) is 13.5 Å². The summed E-state index contributed by atoms with van der Waals surface area (Å²) in [6, 6.07) is 14.0. The van der Waals surface area contributed by atoms with E-state index < -0.39 is 11.5 Å². The number of carbonyl (C=O) groups is 1. The lowest BCUT2D eigenvalue weighted by Crippen LogP contribution is -2.30. The summed E-state index contributed by atoms with van der Waals surface area (Å²) in [6.45, 7) is 2.16. The van der Waals surface area contributed by atoms with E-state index in [1.54, 1.807) is 31.5 Å². The van der Waals surface area contributed by atoms with Crippen LogP contribution in [0.5, 0.6) is 5.75 Å². The number of methoxy groups -OCH3 is 1. The first-order valence-electron chi connectivity index (χ1n) is 8.29. The zero-order chi connectivity index (χ0) is 19.2. The molecule has 138 valence electrons. The molecule has 0 aliphatic heterocycles. The van der Waals surface area contributed by atoms with E-state index in [2.05, 4.69) is 10.5 Å². The van der Waals surface area contributed by atoms with Gasteiger partial charge in [0.2, 0.25) is 0 Å². The molecule has 2 aromatic heterocycles. The minimum absolute atomic E-state index is 0.0128. The predicted molar refractivity (Wildman–Crippen MR) is 101 cm³/mol. The van der Waals surface area contributed by atoms with Crippen LogP contribution in [-0.2, 0) is 6.54 Å². The zero-order valence-corrected chi connectivity index (χ0v) is 15.0. The Bertz CT molecular complexity index is 1020. The van der Waals surface area contributed by atoms with Crippen LogP contribution in [-0.4, -0.2) is 23.8 Å². The second-order valence-electron chi connectivity index (χ2n) is 5.85. The molecule has 0 aliphatic carbocycles. The first-order chi connectivity index (χ1) is 13.1. The molecule has 0 saturated carbocycles. The van der Waals surface area contributed by atoms with Crippen LogP contribution in [0.3, 0.4) is 0 Å². The Hall–Kier alpha value is -3.61. The summed E-state index contributed by atoms with van der Waals surface area (Å²) in [5.74, 6) is 1.41. The van der Waals surface area contributed by atoms with E-state index in [1.165, 1.54) is 16.8 Å². The lowest BCUT2D eigenvalue weighted by molar-refractivity contribution is 0.0953. The fraction of sp³-hybridized carbons (Fsp3) is 0.150. The number of hydrazone groups is 1. The molecule has 7 heteroatoms. The number of hydrogen-bond acceptors (Lipinski definition) is 5. The van der Waals surface area contributed by atoms with Crippen LogP contribution in [0.15, 0.2) is 69.0 Å². The molecule has 3 aromatic rings. The number of aryl methyl sites for hydroxylation is 1. The topological polar surface area (TPSA) is 85.8 Å². The number of pyridine rings is 1. The number of ether oxygens (including phenoxy) is 1. The number of carbonyl (C=O) groups excluding carboxylic acids is 1. The molecule has 2 heterocycles. The maximum absolute atomic E-state index is 12.6. The van der Waals surface area contributed by atoms with Gasteiger partial charge in [-0.3, -0.25) is 9.59 Å². The smallest absolute Gasteiger partial charge is 0.276 e. The molecule has 0 saturated heterocycles. The van der Waals surface area contributed by atoms with Crippen LogP contribution < -0.4 is 15.7 Å². The molecule has 0 unspecified atom stereocenters. The van der Waals surface area contributed by atoms with E-state index in [4.69, 9.17) is 9.15 Å². The standard InChI is InChI=1S/C20H19N3O4/c1-14-5-8-17(27-14)12-21-22-19(24)18-4-3-11-23(20(18)25)13-15-6-9-16(26-2)10-7-15/h3-12H,13H2,1-2H3,(H,22,24)/b21-12-. The summed E-state index contributed by atoms with van der Waals surface area (Å²) in [4.78, 5) is 24.8. The highest BCUT2D eigenvalue weighted by Gasteiger charge is 2.11. The lowest BCUT2D eigenvalue weighted by Gasteiger charge is -2.08. The second kappa shape index (κ2) is 8.18. The van der Waals surface area contributed by atoms with Gasteiger partial charge in [0.05, 0.1) is 19.9 Å². The zero-order valence-electron chi connectivity index (χ0n) is 15.0. The highest BCUT2D eigenvalue weighted by Crippen LogP contribution is 2.12. The van der Waals surface area contributed by atoms with E-state index >= 15 is 0 Å². The van der Waals surface area contributed by atoms with Crippen molar-refractivity contribution in [3.05, 3.63) is 87.7 Å². The number of furan rings is 1. The molecule has 0 atom stereocenters. The molecule has 0 spiro atoms. The molecule has 3 rings (SSSR count). The molecule has 27 heavy (non-hydrogen) atoms. The van der Waals surface area contributed by atoms with Crippen molar-refractivity contribution in [2.24, 2.45) is 5.10 Å². The molecule has 0 radical (unpaired) electrons. The second-order valence-corrected chi connectivity index (χ2v) is 5.85. The van der Waals surface area contributed by atoms with Gasteiger partial charge in [0.15, 0.2) is 0 Å². The third-order valence-corrected chi connectivity index (χ3v) is 3.90. The van der Waals surface area contributed by atoms with E-state index in [0.29, 0.717) is 12.3 Å². The van der Waals surface area contributed by atoms with Crippen molar-refractivity contribution < 1.29 is 13.9 Å². The summed E-state index contributed by atoms with van der Waals surface area (Å²) < 4.78 is 11.9. The van der Waals surface area contributed by atoms with Gasteiger partial charge in [-0.2, -0.15) is 5.10 Å². The molecule has 0 aliphatic rings. The Balaban J connectivity index is 1.72. The molecule has 1 N–H and O–H groups in total. The third kappa shape index (κ3) is 4.52. The number of nitrogens with one attached hydrogen (secondary N) is 1. The number of aromatic nitrogens is 1. The summed E-state index contributed by atoms with van der Waals surface area (Å²) in [7, 11) is 1.59. The van der Waals surface area contributed by atoms with Crippen molar-refractivity contribution in [1.82, 2.24) is 9.99 Å². The van der Waals surface area contributed by atoms with Crippen LogP contribution in [0.1, 0.15) is 27.4 Å². The van der Waals surface area contributed by atoms with Crippen LogP contribution in [0.25, 0.3) is 0 Å². The van der Waals surface area contributed by atoms with E-state index in [9.17, 15) is 9.59 Å². The monoisotopic (exact) mass is 365 g/mol. The normalized spacial score (nSPS) is 10.9. The lowest BCUT2D eigenvalue weighted by atomic mass is 10.2. The molecule has 0 bridgehead atoms. The van der Waals surface area contributed by atoms with Gasteiger partial charge in [-0.05, 0) is 48.9 Å². The maximum atomic E-state index is 12.6. The van der Waals surface area contributed by atoms with Gasteiger partial charge in [0, 0.05) is 6.20 Å². The van der Waals surface area contributed by atoms with Crippen LogP contribution in [0.4, 0.5) is 0 Å². The molecule has 1 aromatic carbocycles. The minimum Gasteiger partial charge on any atom is -0.497 e. The van der Waals surface area contributed by atoms with Crippen LogP contribution in [0.2, 0.25) is 0 Å². The minimum atomic E-state index is -0.580. The largest absolute Gasteiger partial charge is 0.497 e. The Morgan fingerprint density at radius 1 is 1.22 bits per heavy atom. The fourth-order valence-electron chi connectivity index (χ4n) is 2.50. The van der Waals surface area contributed by atoms with Crippen molar-refractivity contribution in [3.63, 3.8) is 0 Å². The third-order valence-electron chi connectivity index (χ3n) is 3.90. The quantitative estimate of drug-likeness (QED) is 0.537. The van der Waals surface area contributed by atoms with Crippen molar-refractivity contribution in [2.75, 3.05) is 7.11 Å². The average Bonchev–Trinajstić information content (AvgIpc) is 3.09. The Kier molecular flexibility index (Phi) is 5.51. The van der Waals surface area contributed by atoms with Crippen molar-refractivity contribution >= 4 is 12.1 Å². The first-order valence-corrected chi connectivity index (χ1v) is 8.29. The highest BCUT2D eigenvalue weighted by molar-refractivity contribution is 5.94. The molecular weight excluding hydrogens is 346 g/mol. The van der Waals surface area contributed by atoms with Gasteiger partial charge in [-0.15, -0.1) is 0 Å². The number of amides is 1. The van der Waals surface area contributed by atoms with Crippen molar-refractivity contribution in [3.8, 4) is 5.75 Å². The van der Waals surface area contributed by atoms with Gasteiger partial charge in [-0.25, -0.2) is 5.43 Å². The highest BCUT2D eigenvalue weighted by atomic mass is 16.5. The van der Waals surface area contributed by atoms with Gasteiger partial charge in [0.25, 0.3) is 11.5 Å². The number of hydrogen-bond donors (Lipinski definition) is 1. The Morgan fingerprint density at radius 3 is 2.67 bits per heavy atom. The van der Waals surface area contributed by atoms with E-state index in [-0.39, 0.29) is 5.56 Å². The Labute approximate surface area is 155 Å². The van der Waals surface area contributed by atoms with Gasteiger partial charge in [0.1, 0.15) is 22.8 Å². The van der Waals surface area contributed by atoms with Gasteiger partial charge >= 0.3 is 0 Å². The molecule has 7 nitrogen and oxygen atoms in total.